The predicted octanol–water partition coefficient (Wildman–Crippen LogP) is 3.23. The summed E-state index contributed by atoms with van der Waals surface area (Å²) in [4.78, 5) is 25.3. The molecule has 0 radical (unpaired) electrons. The van der Waals surface area contributed by atoms with Crippen molar-refractivity contribution in [1.82, 2.24) is 5.32 Å². The number of anilines is 1. The number of nitrogens with zero attached hydrogens (tertiary/aromatic N) is 1. The molecule has 7 heteroatoms. The van der Waals surface area contributed by atoms with Crippen LogP contribution in [0.25, 0.3) is 0 Å². The topological polar surface area (TPSA) is 58.6 Å². The van der Waals surface area contributed by atoms with Crippen LogP contribution in [0.3, 0.4) is 0 Å². The molecular formula is C17H14ClFN2O3. The second-order valence-electron chi connectivity index (χ2n) is 5.31. The number of carbonyl (C=O) groups excluding carboxylic acids is 2. The quantitative estimate of drug-likeness (QED) is 0.922. The summed E-state index contributed by atoms with van der Waals surface area (Å²) in [5.41, 5.74) is 1.02. The fourth-order valence-electron chi connectivity index (χ4n) is 2.37. The van der Waals surface area contributed by atoms with Crippen LogP contribution in [0.1, 0.15) is 10.4 Å². The van der Waals surface area contributed by atoms with Crippen molar-refractivity contribution in [3.8, 4) is 0 Å². The highest BCUT2D eigenvalue weighted by molar-refractivity contribution is 6.30. The maximum atomic E-state index is 13.0. The largest absolute Gasteiger partial charge is 0.442 e. The molecule has 1 unspecified atom stereocenters. The molecule has 24 heavy (non-hydrogen) atoms. The van der Waals surface area contributed by atoms with Crippen LogP contribution in [0.4, 0.5) is 14.9 Å². The van der Waals surface area contributed by atoms with Crippen molar-refractivity contribution in [3.05, 3.63) is 64.9 Å². The van der Waals surface area contributed by atoms with Gasteiger partial charge >= 0.3 is 6.09 Å². The molecule has 0 bridgehead atoms. The molecule has 3 rings (SSSR count). The first-order chi connectivity index (χ1) is 11.5. The average Bonchev–Trinajstić information content (AvgIpc) is 2.95. The molecule has 1 fully saturated rings. The van der Waals surface area contributed by atoms with Crippen LogP contribution < -0.4 is 10.2 Å². The van der Waals surface area contributed by atoms with Crippen LogP contribution >= 0.6 is 11.6 Å². The molecule has 1 aliphatic heterocycles. The summed E-state index contributed by atoms with van der Waals surface area (Å²) in [5, 5.41) is 3.26. The summed E-state index contributed by atoms with van der Waals surface area (Å²) >= 11 is 5.78. The number of hydrogen-bond donors (Lipinski definition) is 1. The van der Waals surface area contributed by atoms with Gasteiger partial charge in [0.2, 0.25) is 0 Å². The third-order valence-electron chi connectivity index (χ3n) is 3.61. The van der Waals surface area contributed by atoms with Crippen LogP contribution in [0.15, 0.2) is 48.5 Å². The van der Waals surface area contributed by atoms with Crippen LogP contribution in [0.5, 0.6) is 0 Å². The molecule has 2 aromatic rings. The monoisotopic (exact) mass is 348 g/mol. The lowest BCUT2D eigenvalue weighted by Gasteiger charge is -2.13. The maximum Gasteiger partial charge on any atom is 0.414 e. The van der Waals surface area contributed by atoms with Crippen molar-refractivity contribution in [1.29, 1.82) is 0 Å². The molecule has 1 saturated heterocycles. The van der Waals surface area contributed by atoms with E-state index in [0.29, 0.717) is 16.3 Å². The van der Waals surface area contributed by atoms with Gasteiger partial charge in [-0.25, -0.2) is 9.18 Å². The summed E-state index contributed by atoms with van der Waals surface area (Å²) in [6, 6.07) is 12.0. The molecule has 1 aliphatic rings. The molecule has 2 aromatic carbocycles. The minimum Gasteiger partial charge on any atom is -0.442 e. The summed E-state index contributed by atoms with van der Waals surface area (Å²) in [6.45, 7) is 0.469. The molecule has 2 amide bonds. The third-order valence-corrected chi connectivity index (χ3v) is 3.86. The maximum absolute atomic E-state index is 13.0. The lowest BCUT2D eigenvalue weighted by molar-refractivity contribution is 0.0916. The van der Waals surface area contributed by atoms with E-state index in [-0.39, 0.29) is 24.8 Å². The third kappa shape index (κ3) is 3.65. The number of carbonyl (C=O) groups is 2. The molecule has 0 aliphatic carbocycles. The number of nitrogens with one attached hydrogen (secondary N) is 1. The Morgan fingerprint density at radius 1 is 1.21 bits per heavy atom. The van der Waals surface area contributed by atoms with Crippen molar-refractivity contribution in [2.45, 2.75) is 6.10 Å². The molecule has 1 N–H and O–H groups in total. The van der Waals surface area contributed by atoms with Crippen molar-refractivity contribution < 1.29 is 18.7 Å². The zero-order chi connectivity index (χ0) is 17.1. The van der Waals surface area contributed by atoms with E-state index in [2.05, 4.69) is 5.32 Å². The number of amides is 2. The zero-order valence-electron chi connectivity index (χ0n) is 12.5. The Bertz CT molecular complexity index is 749. The Kier molecular flexibility index (Phi) is 4.66. The first kappa shape index (κ1) is 16.3. The molecule has 0 spiro atoms. The van der Waals surface area contributed by atoms with Crippen LogP contribution in [-0.4, -0.2) is 31.2 Å². The van der Waals surface area contributed by atoms with E-state index in [4.69, 9.17) is 16.3 Å². The molecular weight excluding hydrogens is 335 g/mol. The van der Waals surface area contributed by atoms with Gasteiger partial charge in [0.15, 0.2) is 0 Å². The molecule has 0 aromatic heterocycles. The fourth-order valence-corrected chi connectivity index (χ4v) is 2.50. The van der Waals surface area contributed by atoms with Crippen molar-refractivity contribution >= 4 is 29.3 Å². The summed E-state index contributed by atoms with van der Waals surface area (Å²) < 4.78 is 18.2. The Labute approximate surface area is 143 Å². The predicted molar refractivity (Wildman–Crippen MR) is 87.8 cm³/mol. The Morgan fingerprint density at radius 2 is 1.88 bits per heavy atom. The smallest absolute Gasteiger partial charge is 0.414 e. The van der Waals surface area contributed by atoms with Gasteiger partial charge in [0, 0.05) is 16.3 Å². The lowest BCUT2D eigenvalue weighted by Crippen LogP contribution is -2.34. The van der Waals surface area contributed by atoms with Gasteiger partial charge in [0.05, 0.1) is 13.1 Å². The van der Waals surface area contributed by atoms with Gasteiger partial charge in [-0.15, -0.1) is 0 Å². The van der Waals surface area contributed by atoms with E-state index in [1.54, 1.807) is 24.3 Å². The van der Waals surface area contributed by atoms with Gasteiger partial charge in [-0.3, -0.25) is 9.69 Å². The molecule has 124 valence electrons. The normalized spacial score (nSPS) is 16.8. The van der Waals surface area contributed by atoms with E-state index in [9.17, 15) is 14.0 Å². The number of halogens is 2. The van der Waals surface area contributed by atoms with Gasteiger partial charge in [-0.1, -0.05) is 11.6 Å². The van der Waals surface area contributed by atoms with Gasteiger partial charge in [-0.2, -0.15) is 0 Å². The average molecular weight is 349 g/mol. The second-order valence-corrected chi connectivity index (χ2v) is 5.75. The SMILES string of the molecule is O=C(NCC1CN(c2ccc(F)cc2)C(=O)O1)c1ccc(Cl)cc1. The van der Waals surface area contributed by atoms with Gasteiger partial charge in [0.25, 0.3) is 5.91 Å². The van der Waals surface area contributed by atoms with Crippen LogP contribution in [-0.2, 0) is 4.74 Å². The summed E-state index contributed by atoms with van der Waals surface area (Å²) in [6.07, 6.45) is -0.994. The highest BCUT2D eigenvalue weighted by Crippen LogP contribution is 2.21. The molecule has 0 saturated carbocycles. The van der Waals surface area contributed by atoms with E-state index in [0.717, 1.165) is 0 Å². The van der Waals surface area contributed by atoms with E-state index in [1.807, 2.05) is 0 Å². The highest BCUT2D eigenvalue weighted by atomic mass is 35.5. The van der Waals surface area contributed by atoms with Crippen molar-refractivity contribution in [2.75, 3.05) is 18.0 Å². The fraction of sp³-hybridized carbons (Fsp3) is 0.176. The highest BCUT2D eigenvalue weighted by Gasteiger charge is 2.32. The Morgan fingerprint density at radius 3 is 2.54 bits per heavy atom. The zero-order valence-corrected chi connectivity index (χ0v) is 13.3. The van der Waals surface area contributed by atoms with Gasteiger partial charge < -0.3 is 10.1 Å². The van der Waals surface area contributed by atoms with E-state index in [1.165, 1.54) is 29.2 Å². The second kappa shape index (κ2) is 6.88. The Balaban J connectivity index is 1.57. The lowest BCUT2D eigenvalue weighted by atomic mass is 10.2. The Hall–Kier alpha value is -2.60. The van der Waals surface area contributed by atoms with Crippen LogP contribution in [0, 0.1) is 5.82 Å². The summed E-state index contributed by atoms with van der Waals surface area (Å²) in [7, 11) is 0. The van der Waals surface area contributed by atoms with E-state index < -0.39 is 12.2 Å². The van der Waals surface area contributed by atoms with Crippen molar-refractivity contribution in [3.63, 3.8) is 0 Å². The minimum atomic E-state index is -0.521. The van der Waals surface area contributed by atoms with Gasteiger partial charge in [-0.05, 0) is 48.5 Å². The minimum absolute atomic E-state index is 0.185. The first-order valence-electron chi connectivity index (χ1n) is 7.30. The number of cyclic esters (lactones) is 1. The number of hydrogen-bond acceptors (Lipinski definition) is 3. The van der Waals surface area contributed by atoms with Crippen molar-refractivity contribution in [2.24, 2.45) is 0 Å². The van der Waals surface area contributed by atoms with Gasteiger partial charge in [0.1, 0.15) is 11.9 Å². The summed E-state index contributed by atoms with van der Waals surface area (Å²) in [5.74, 6) is -0.652. The molecule has 1 atom stereocenters. The van der Waals surface area contributed by atoms with Crippen LogP contribution in [0.2, 0.25) is 5.02 Å². The van der Waals surface area contributed by atoms with E-state index >= 15 is 0 Å². The number of ether oxygens (including phenoxy) is 1. The first-order valence-corrected chi connectivity index (χ1v) is 7.68. The molecule has 5 nitrogen and oxygen atoms in total. The number of rotatable bonds is 4. The molecule has 1 heterocycles. The number of benzene rings is 2. The standard InChI is InChI=1S/C17H14ClFN2O3/c18-12-3-1-11(2-4-12)16(22)20-9-15-10-21(17(23)24-15)14-7-5-13(19)6-8-14/h1-8,15H,9-10H2,(H,20,22).